The topological polar surface area (TPSA) is 99.3 Å². The van der Waals surface area contributed by atoms with Crippen LogP contribution in [-0.2, 0) is 16.1 Å². The van der Waals surface area contributed by atoms with Crippen molar-refractivity contribution in [3.8, 4) is 0 Å². The molecule has 3 rings (SSSR count). The molecule has 1 aliphatic rings. The minimum atomic E-state index is -0.447. The second-order valence-electron chi connectivity index (χ2n) is 5.72. The van der Waals surface area contributed by atoms with Crippen LogP contribution in [0.25, 0.3) is 0 Å². The molecule has 9 heteroatoms. The van der Waals surface area contributed by atoms with E-state index < -0.39 is 4.92 Å². The fourth-order valence-corrected chi connectivity index (χ4v) is 3.25. The maximum absolute atomic E-state index is 12.1. The van der Waals surface area contributed by atoms with E-state index in [2.05, 4.69) is 10.4 Å². The molecule has 1 N–H and O–H groups in total. The first-order valence-electron chi connectivity index (χ1n) is 7.88. The van der Waals surface area contributed by atoms with Gasteiger partial charge < -0.3 is 10.1 Å². The van der Waals surface area contributed by atoms with Crippen LogP contribution in [0.2, 0.25) is 0 Å². The molecule has 0 bridgehead atoms. The number of non-ortho nitro benzene ring substituents is 1. The molecule has 0 radical (unpaired) electrons. The third kappa shape index (κ3) is 4.80. The van der Waals surface area contributed by atoms with Gasteiger partial charge in [-0.2, -0.15) is 5.10 Å². The van der Waals surface area contributed by atoms with Crippen LogP contribution in [0, 0.1) is 16.0 Å². The van der Waals surface area contributed by atoms with Crippen molar-refractivity contribution < 1.29 is 14.5 Å². The van der Waals surface area contributed by atoms with Gasteiger partial charge in [0.25, 0.3) is 5.69 Å². The first-order chi connectivity index (χ1) is 12.1. The fraction of sp³-hybridized carbons (Fsp3) is 0.375. The number of thioether (sulfide) groups is 1. The smallest absolute Gasteiger partial charge is 0.269 e. The Bertz CT molecular complexity index is 741. The molecule has 25 heavy (non-hydrogen) atoms. The van der Waals surface area contributed by atoms with Crippen molar-refractivity contribution in [1.29, 1.82) is 0 Å². The molecule has 2 aromatic rings. The third-order valence-corrected chi connectivity index (χ3v) is 4.87. The summed E-state index contributed by atoms with van der Waals surface area (Å²) in [5, 5.41) is 17.7. The highest BCUT2D eigenvalue weighted by Crippen LogP contribution is 2.22. The first-order valence-corrected chi connectivity index (χ1v) is 8.87. The van der Waals surface area contributed by atoms with Crippen molar-refractivity contribution in [2.24, 2.45) is 5.92 Å². The van der Waals surface area contributed by atoms with E-state index in [-0.39, 0.29) is 17.3 Å². The fourth-order valence-electron chi connectivity index (χ4n) is 2.55. The SMILES string of the molecule is O=C(CSc1ccc([N+](=O)[O-])cc1)Nc1ccnn1CC1CCOC1. The van der Waals surface area contributed by atoms with Crippen molar-refractivity contribution in [2.45, 2.75) is 17.9 Å². The normalized spacial score (nSPS) is 16.7. The summed E-state index contributed by atoms with van der Waals surface area (Å²) in [6.07, 6.45) is 2.66. The van der Waals surface area contributed by atoms with Crippen molar-refractivity contribution in [3.05, 3.63) is 46.6 Å². The standard InChI is InChI=1S/C16H18N4O4S/c21-16(11-25-14-3-1-13(2-4-14)20(22)23)18-15-5-7-17-19(15)9-12-6-8-24-10-12/h1-5,7,12H,6,8-11H2,(H,18,21). The number of hydrogen-bond acceptors (Lipinski definition) is 6. The largest absolute Gasteiger partial charge is 0.381 e. The molecule has 1 amide bonds. The van der Waals surface area contributed by atoms with Crippen LogP contribution in [0.3, 0.4) is 0 Å². The summed E-state index contributed by atoms with van der Waals surface area (Å²) in [7, 11) is 0. The minimum absolute atomic E-state index is 0.0357. The zero-order valence-corrected chi connectivity index (χ0v) is 14.3. The Morgan fingerprint density at radius 2 is 2.20 bits per heavy atom. The van der Waals surface area contributed by atoms with Gasteiger partial charge in [-0.1, -0.05) is 0 Å². The Morgan fingerprint density at radius 3 is 2.88 bits per heavy atom. The number of carbonyl (C=O) groups is 1. The van der Waals surface area contributed by atoms with Gasteiger partial charge in [0.15, 0.2) is 0 Å². The molecule has 0 saturated carbocycles. The van der Waals surface area contributed by atoms with Gasteiger partial charge in [0.1, 0.15) is 5.82 Å². The summed E-state index contributed by atoms with van der Waals surface area (Å²) in [4.78, 5) is 23.1. The van der Waals surface area contributed by atoms with Gasteiger partial charge in [0, 0.05) is 42.2 Å². The van der Waals surface area contributed by atoms with Crippen molar-refractivity contribution >= 4 is 29.2 Å². The van der Waals surface area contributed by atoms with Crippen LogP contribution in [0.5, 0.6) is 0 Å². The zero-order valence-electron chi connectivity index (χ0n) is 13.5. The van der Waals surface area contributed by atoms with Gasteiger partial charge in [0.2, 0.25) is 5.91 Å². The van der Waals surface area contributed by atoms with Crippen LogP contribution in [0.1, 0.15) is 6.42 Å². The quantitative estimate of drug-likeness (QED) is 0.462. The van der Waals surface area contributed by atoms with E-state index in [0.717, 1.165) is 31.1 Å². The summed E-state index contributed by atoms with van der Waals surface area (Å²) in [5.74, 6) is 1.16. The van der Waals surface area contributed by atoms with Gasteiger partial charge in [-0.05, 0) is 18.6 Å². The van der Waals surface area contributed by atoms with E-state index in [9.17, 15) is 14.9 Å². The Kier molecular flexibility index (Phi) is 5.67. The predicted octanol–water partition coefficient (Wildman–Crippen LogP) is 2.56. The number of hydrogen-bond donors (Lipinski definition) is 1. The lowest BCUT2D eigenvalue weighted by Crippen LogP contribution is -2.20. The second kappa shape index (κ2) is 8.13. The van der Waals surface area contributed by atoms with Gasteiger partial charge in [-0.15, -0.1) is 11.8 Å². The van der Waals surface area contributed by atoms with E-state index in [1.165, 1.54) is 23.9 Å². The molecule has 1 aromatic heterocycles. The lowest BCUT2D eigenvalue weighted by Gasteiger charge is -2.12. The first kappa shape index (κ1) is 17.4. The number of carbonyl (C=O) groups excluding carboxylic acids is 1. The van der Waals surface area contributed by atoms with Crippen LogP contribution < -0.4 is 5.32 Å². The van der Waals surface area contributed by atoms with E-state index in [0.29, 0.717) is 11.7 Å². The number of nitro groups is 1. The summed E-state index contributed by atoms with van der Waals surface area (Å²) < 4.78 is 7.15. The summed E-state index contributed by atoms with van der Waals surface area (Å²) in [6, 6.07) is 7.91. The van der Waals surface area contributed by atoms with E-state index in [1.807, 2.05) is 0 Å². The molecule has 0 aliphatic carbocycles. The van der Waals surface area contributed by atoms with Crippen LogP contribution >= 0.6 is 11.8 Å². The van der Waals surface area contributed by atoms with Gasteiger partial charge in [0.05, 0.1) is 23.5 Å². The number of anilines is 1. The number of nitrogens with one attached hydrogen (secondary N) is 1. The molecule has 8 nitrogen and oxygen atoms in total. The van der Waals surface area contributed by atoms with Crippen LogP contribution in [0.15, 0.2) is 41.4 Å². The van der Waals surface area contributed by atoms with E-state index >= 15 is 0 Å². The average molecular weight is 362 g/mol. The molecular weight excluding hydrogens is 344 g/mol. The van der Waals surface area contributed by atoms with Crippen LogP contribution in [0.4, 0.5) is 11.5 Å². The number of nitrogens with zero attached hydrogens (tertiary/aromatic N) is 3. The Hall–Kier alpha value is -2.39. The molecule has 1 aromatic carbocycles. The predicted molar refractivity (Wildman–Crippen MR) is 93.6 cm³/mol. The molecule has 1 fully saturated rings. The van der Waals surface area contributed by atoms with Gasteiger partial charge in [-0.3, -0.25) is 14.9 Å². The molecule has 1 unspecified atom stereocenters. The number of aromatic nitrogens is 2. The lowest BCUT2D eigenvalue weighted by molar-refractivity contribution is -0.384. The molecule has 1 atom stereocenters. The number of benzene rings is 1. The minimum Gasteiger partial charge on any atom is -0.381 e. The highest BCUT2D eigenvalue weighted by Gasteiger charge is 2.18. The maximum Gasteiger partial charge on any atom is 0.269 e. The Morgan fingerprint density at radius 1 is 1.40 bits per heavy atom. The van der Waals surface area contributed by atoms with Gasteiger partial charge in [-0.25, -0.2) is 4.68 Å². The zero-order chi connectivity index (χ0) is 17.6. The van der Waals surface area contributed by atoms with Crippen molar-refractivity contribution in [3.63, 3.8) is 0 Å². The molecular formula is C16H18N4O4S. The van der Waals surface area contributed by atoms with Crippen LogP contribution in [-0.4, -0.2) is 39.6 Å². The van der Waals surface area contributed by atoms with Crippen molar-refractivity contribution in [1.82, 2.24) is 9.78 Å². The summed E-state index contributed by atoms with van der Waals surface area (Å²) >= 11 is 1.33. The molecule has 1 saturated heterocycles. The lowest BCUT2D eigenvalue weighted by atomic mass is 10.1. The number of amides is 1. The Balaban J connectivity index is 1.51. The highest BCUT2D eigenvalue weighted by atomic mass is 32.2. The highest BCUT2D eigenvalue weighted by molar-refractivity contribution is 8.00. The number of rotatable bonds is 7. The third-order valence-electron chi connectivity index (χ3n) is 3.86. The molecule has 2 heterocycles. The molecule has 132 valence electrons. The second-order valence-corrected chi connectivity index (χ2v) is 6.76. The maximum atomic E-state index is 12.1. The van der Waals surface area contributed by atoms with E-state index in [1.54, 1.807) is 29.1 Å². The average Bonchev–Trinajstić information content (AvgIpc) is 3.26. The van der Waals surface area contributed by atoms with E-state index in [4.69, 9.17) is 4.74 Å². The molecule has 0 spiro atoms. The Labute approximate surface area is 148 Å². The van der Waals surface area contributed by atoms with Crippen molar-refractivity contribution in [2.75, 3.05) is 24.3 Å². The monoisotopic (exact) mass is 362 g/mol. The van der Waals surface area contributed by atoms with Gasteiger partial charge >= 0.3 is 0 Å². The number of ether oxygens (including phenoxy) is 1. The summed E-state index contributed by atoms with van der Waals surface area (Å²) in [6.45, 7) is 2.22. The summed E-state index contributed by atoms with van der Waals surface area (Å²) in [5.41, 5.74) is 0.0357. The number of nitro benzene ring substituents is 1. The molecule has 1 aliphatic heterocycles.